The second-order valence-corrected chi connectivity index (χ2v) is 6.11. The summed E-state index contributed by atoms with van der Waals surface area (Å²) in [4.78, 5) is 34.2. The highest BCUT2D eigenvalue weighted by Crippen LogP contribution is 2.19. The van der Waals surface area contributed by atoms with Gasteiger partial charge in [-0.25, -0.2) is 4.79 Å². The molecule has 0 radical (unpaired) electrons. The third-order valence-corrected chi connectivity index (χ3v) is 3.96. The van der Waals surface area contributed by atoms with Crippen molar-refractivity contribution in [3.05, 3.63) is 74.3 Å². The molecule has 0 saturated carbocycles. The Morgan fingerprint density at radius 2 is 1.88 bits per heavy atom. The molecule has 1 N–H and O–H groups in total. The number of benzene rings is 2. The maximum Gasteiger partial charge on any atom is 0.338 e. The zero-order valence-corrected chi connectivity index (χ0v) is 14.9. The second-order valence-electron chi connectivity index (χ2n) is 5.68. The van der Waals surface area contributed by atoms with Gasteiger partial charge in [-0.1, -0.05) is 23.7 Å². The molecular formula is C18H17ClN2O5. The highest BCUT2D eigenvalue weighted by Gasteiger charge is 2.16. The number of nitro benzene ring substituents is 1. The van der Waals surface area contributed by atoms with Gasteiger partial charge in [-0.2, -0.15) is 0 Å². The van der Waals surface area contributed by atoms with Gasteiger partial charge in [-0.05, 0) is 43.7 Å². The highest BCUT2D eigenvalue weighted by atomic mass is 35.5. The number of nitro groups is 1. The van der Waals surface area contributed by atoms with Crippen molar-refractivity contribution in [3.63, 3.8) is 0 Å². The SMILES string of the molecule is Cc1cc(C(=O)OCC(=O)N[C@H](C)c2ccc(Cl)cc2)ccc1[N+](=O)[O-]. The van der Waals surface area contributed by atoms with E-state index in [2.05, 4.69) is 5.32 Å². The number of nitrogens with one attached hydrogen (secondary N) is 1. The van der Waals surface area contributed by atoms with E-state index in [0.29, 0.717) is 10.6 Å². The van der Waals surface area contributed by atoms with Gasteiger partial charge in [-0.15, -0.1) is 0 Å². The van der Waals surface area contributed by atoms with E-state index in [1.165, 1.54) is 25.1 Å². The van der Waals surface area contributed by atoms with Gasteiger partial charge in [-0.3, -0.25) is 14.9 Å². The van der Waals surface area contributed by atoms with Crippen molar-refractivity contribution >= 4 is 29.2 Å². The summed E-state index contributed by atoms with van der Waals surface area (Å²) in [6, 6.07) is 10.6. The Bertz CT molecular complexity index is 836. The minimum atomic E-state index is -0.725. The van der Waals surface area contributed by atoms with E-state index in [9.17, 15) is 19.7 Å². The van der Waals surface area contributed by atoms with Gasteiger partial charge in [0.15, 0.2) is 6.61 Å². The van der Waals surface area contributed by atoms with Crippen LogP contribution in [0.25, 0.3) is 0 Å². The number of carbonyl (C=O) groups excluding carboxylic acids is 2. The van der Waals surface area contributed by atoms with Gasteiger partial charge in [0.1, 0.15) is 0 Å². The average molecular weight is 377 g/mol. The predicted molar refractivity (Wildman–Crippen MR) is 96.1 cm³/mol. The first-order valence-corrected chi connectivity index (χ1v) is 8.12. The van der Waals surface area contributed by atoms with Crippen molar-refractivity contribution in [3.8, 4) is 0 Å². The summed E-state index contributed by atoms with van der Waals surface area (Å²) in [6.45, 7) is 2.87. The molecule has 1 amide bonds. The van der Waals surface area contributed by atoms with Gasteiger partial charge in [0.25, 0.3) is 11.6 Å². The van der Waals surface area contributed by atoms with Crippen LogP contribution in [0.2, 0.25) is 5.02 Å². The Morgan fingerprint density at radius 1 is 1.23 bits per heavy atom. The number of esters is 1. The molecule has 1 atom stereocenters. The Balaban J connectivity index is 1.90. The van der Waals surface area contributed by atoms with Crippen LogP contribution in [0.4, 0.5) is 5.69 Å². The molecule has 0 aromatic heterocycles. The Kier molecular flexibility index (Phi) is 6.30. The molecule has 2 aromatic rings. The van der Waals surface area contributed by atoms with Gasteiger partial charge in [0.2, 0.25) is 0 Å². The molecule has 0 aliphatic rings. The number of aryl methyl sites for hydroxylation is 1. The third kappa shape index (κ3) is 5.03. The molecule has 0 bridgehead atoms. The lowest BCUT2D eigenvalue weighted by molar-refractivity contribution is -0.385. The summed E-state index contributed by atoms with van der Waals surface area (Å²) in [5.41, 5.74) is 1.26. The van der Waals surface area contributed by atoms with Crippen molar-refractivity contribution in [2.45, 2.75) is 19.9 Å². The monoisotopic (exact) mass is 376 g/mol. The van der Waals surface area contributed by atoms with Crippen LogP contribution in [-0.2, 0) is 9.53 Å². The zero-order chi connectivity index (χ0) is 19.3. The number of amides is 1. The van der Waals surface area contributed by atoms with Crippen LogP contribution in [0.15, 0.2) is 42.5 Å². The van der Waals surface area contributed by atoms with E-state index in [0.717, 1.165) is 5.56 Å². The lowest BCUT2D eigenvalue weighted by atomic mass is 10.1. The summed E-state index contributed by atoms with van der Waals surface area (Å²) in [5.74, 6) is -1.18. The van der Waals surface area contributed by atoms with Gasteiger partial charge >= 0.3 is 5.97 Å². The van der Waals surface area contributed by atoms with E-state index >= 15 is 0 Å². The molecule has 7 nitrogen and oxygen atoms in total. The summed E-state index contributed by atoms with van der Waals surface area (Å²) in [5, 5.41) is 14.1. The van der Waals surface area contributed by atoms with E-state index in [1.54, 1.807) is 31.2 Å². The number of halogens is 1. The topological polar surface area (TPSA) is 98.5 Å². The van der Waals surface area contributed by atoms with Crippen LogP contribution in [0, 0.1) is 17.0 Å². The van der Waals surface area contributed by atoms with Crippen LogP contribution in [0.1, 0.15) is 34.5 Å². The lowest BCUT2D eigenvalue weighted by Crippen LogP contribution is -2.31. The normalized spacial score (nSPS) is 11.5. The molecule has 0 saturated heterocycles. The number of hydrogen-bond acceptors (Lipinski definition) is 5. The molecule has 0 spiro atoms. The van der Waals surface area contributed by atoms with Crippen LogP contribution >= 0.6 is 11.6 Å². The van der Waals surface area contributed by atoms with Gasteiger partial charge < -0.3 is 10.1 Å². The Hall–Kier alpha value is -2.93. The molecule has 2 rings (SSSR count). The maximum absolute atomic E-state index is 12.0. The van der Waals surface area contributed by atoms with E-state index < -0.39 is 23.4 Å². The molecular weight excluding hydrogens is 360 g/mol. The van der Waals surface area contributed by atoms with Crippen molar-refractivity contribution in [1.29, 1.82) is 0 Å². The van der Waals surface area contributed by atoms with Gasteiger partial charge in [0, 0.05) is 16.7 Å². The standard InChI is InChI=1S/C18H17ClN2O5/c1-11-9-14(5-8-16(11)21(24)25)18(23)26-10-17(22)20-12(2)13-3-6-15(19)7-4-13/h3-9,12H,10H2,1-2H3,(H,20,22)/t12-/m1/s1. The molecule has 136 valence electrons. The molecule has 0 fully saturated rings. The predicted octanol–water partition coefficient (Wildman–Crippen LogP) is 3.59. The largest absolute Gasteiger partial charge is 0.452 e. The third-order valence-electron chi connectivity index (χ3n) is 3.71. The number of carbonyl (C=O) groups is 2. The van der Waals surface area contributed by atoms with Crippen molar-refractivity contribution < 1.29 is 19.2 Å². The quantitative estimate of drug-likeness (QED) is 0.472. The summed E-state index contributed by atoms with van der Waals surface area (Å²) in [7, 11) is 0. The fraction of sp³-hybridized carbons (Fsp3) is 0.222. The minimum absolute atomic E-state index is 0.0870. The molecule has 0 aliphatic carbocycles. The van der Waals surface area contributed by atoms with E-state index in [-0.39, 0.29) is 17.3 Å². The Morgan fingerprint density at radius 3 is 2.46 bits per heavy atom. The maximum atomic E-state index is 12.0. The molecule has 0 unspecified atom stereocenters. The molecule has 0 aliphatic heterocycles. The van der Waals surface area contributed by atoms with Gasteiger partial charge in [0.05, 0.1) is 16.5 Å². The fourth-order valence-corrected chi connectivity index (χ4v) is 2.45. The molecule has 0 heterocycles. The number of nitrogens with zero attached hydrogens (tertiary/aromatic N) is 1. The van der Waals surface area contributed by atoms with E-state index in [4.69, 9.17) is 16.3 Å². The second kappa shape index (κ2) is 8.44. The first-order chi connectivity index (χ1) is 12.3. The number of hydrogen-bond donors (Lipinski definition) is 1. The first-order valence-electron chi connectivity index (χ1n) is 7.75. The smallest absolute Gasteiger partial charge is 0.338 e. The highest BCUT2D eigenvalue weighted by molar-refractivity contribution is 6.30. The Labute approximate surface area is 155 Å². The van der Waals surface area contributed by atoms with Crippen LogP contribution < -0.4 is 5.32 Å². The van der Waals surface area contributed by atoms with Crippen molar-refractivity contribution in [1.82, 2.24) is 5.32 Å². The summed E-state index contributed by atoms with van der Waals surface area (Å²) in [6.07, 6.45) is 0. The first kappa shape index (κ1) is 19.4. The average Bonchev–Trinajstić information content (AvgIpc) is 2.59. The van der Waals surface area contributed by atoms with Crippen molar-refractivity contribution in [2.24, 2.45) is 0 Å². The number of rotatable bonds is 6. The van der Waals surface area contributed by atoms with E-state index in [1.807, 2.05) is 0 Å². The van der Waals surface area contributed by atoms with Crippen LogP contribution in [0.3, 0.4) is 0 Å². The lowest BCUT2D eigenvalue weighted by Gasteiger charge is -2.14. The van der Waals surface area contributed by atoms with Crippen molar-refractivity contribution in [2.75, 3.05) is 6.61 Å². The van der Waals surface area contributed by atoms with Crippen LogP contribution in [0.5, 0.6) is 0 Å². The number of ether oxygens (including phenoxy) is 1. The molecule has 2 aromatic carbocycles. The minimum Gasteiger partial charge on any atom is -0.452 e. The molecule has 8 heteroatoms. The summed E-state index contributed by atoms with van der Waals surface area (Å²) >= 11 is 5.82. The molecule has 26 heavy (non-hydrogen) atoms. The fourth-order valence-electron chi connectivity index (χ4n) is 2.32. The zero-order valence-electron chi connectivity index (χ0n) is 14.2. The summed E-state index contributed by atoms with van der Waals surface area (Å²) < 4.78 is 4.96. The van der Waals surface area contributed by atoms with Crippen LogP contribution in [-0.4, -0.2) is 23.4 Å².